The largest absolute Gasteiger partial charge is 0.491 e. The first-order valence-corrected chi connectivity index (χ1v) is 12.3. The molecule has 1 amide bonds. The summed E-state index contributed by atoms with van der Waals surface area (Å²) in [5.41, 5.74) is 2.28. The molecule has 2 aromatic carbocycles. The minimum absolute atomic E-state index is 0.0674. The van der Waals surface area contributed by atoms with E-state index in [1.807, 2.05) is 13.8 Å². The standard InChI is InChI=1S/C27H26ClF3N4O2/c1-3-34(4-2)24(36)15-21-25(18-7-11-20(12-8-18)37-14-13-29)33-35-23(17-5-9-19(28)10-6-17)16-22(26(30)31)32-27(21)35/h5-12,16,26H,3-4,13-15H2,1-2H3. The Morgan fingerprint density at radius 1 is 1.05 bits per heavy atom. The van der Waals surface area contributed by atoms with Crippen molar-refractivity contribution in [2.45, 2.75) is 26.7 Å². The highest BCUT2D eigenvalue weighted by molar-refractivity contribution is 6.30. The molecule has 10 heteroatoms. The number of aromatic nitrogens is 3. The van der Waals surface area contributed by atoms with E-state index in [2.05, 4.69) is 4.98 Å². The van der Waals surface area contributed by atoms with Crippen molar-refractivity contribution in [3.05, 3.63) is 70.9 Å². The second kappa shape index (κ2) is 11.6. The van der Waals surface area contributed by atoms with Crippen LogP contribution in [0.25, 0.3) is 28.2 Å². The number of fused-ring (bicyclic) bond motifs is 1. The molecule has 0 atom stereocenters. The lowest BCUT2D eigenvalue weighted by Crippen LogP contribution is -2.31. The van der Waals surface area contributed by atoms with Crippen molar-refractivity contribution in [3.63, 3.8) is 0 Å². The Hall–Kier alpha value is -3.59. The van der Waals surface area contributed by atoms with Crippen molar-refractivity contribution in [2.75, 3.05) is 26.4 Å². The van der Waals surface area contributed by atoms with Gasteiger partial charge >= 0.3 is 0 Å². The predicted molar refractivity (Wildman–Crippen MR) is 137 cm³/mol. The molecule has 0 saturated heterocycles. The second-order valence-electron chi connectivity index (χ2n) is 8.24. The zero-order valence-corrected chi connectivity index (χ0v) is 21.2. The van der Waals surface area contributed by atoms with E-state index in [1.54, 1.807) is 53.4 Å². The minimum atomic E-state index is -2.83. The number of carbonyl (C=O) groups excluding carboxylic acids is 1. The minimum Gasteiger partial charge on any atom is -0.491 e. The fourth-order valence-corrected chi connectivity index (χ4v) is 4.24. The average Bonchev–Trinajstić information content (AvgIpc) is 3.26. The normalized spacial score (nSPS) is 11.3. The van der Waals surface area contributed by atoms with Gasteiger partial charge in [-0.2, -0.15) is 5.10 Å². The van der Waals surface area contributed by atoms with Crippen LogP contribution in [0.1, 0.15) is 31.5 Å². The third-order valence-electron chi connectivity index (χ3n) is 5.99. The van der Waals surface area contributed by atoms with Crippen LogP contribution in [0.5, 0.6) is 5.75 Å². The van der Waals surface area contributed by atoms with Gasteiger partial charge in [0.15, 0.2) is 5.65 Å². The van der Waals surface area contributed by atoms with Crippen molar-refractivity contribution < 1.29 is 22.7 Å². The number of alkyl halides is 3. The van der Waals surface area contributed by atoms with Gasteiger partial charge in [0.25, 0.3) is 6.43 Å². The van der Waals surface area contributed by atoms with Gasteiger partial charge in [-0.15, -0.1) is 0 Å². The summed E-state index contributed by atoms with van der Waals surface area (Å²) in [5.74, 6) is 0.312. The molecule has 0 unspecified atom stereocenters. The number of likely N-dealkylation sites (N-methyl/N-ethyl adjacent to an activating group) is 1. The fraction of sp³-hybridized carbons (Fsp3) is 0.296. The number of ether oxygens (including phenoxy) is 1. The molecule has 2 heterocycles. The van der Waals surface area contributed by atoms with Crippen LogP contribution in [0, 0.1) is 0 Å². The molecule has 4 aromatic rings. The molecule has 0 fully saturated rings. The molecule has 0 aliphatic heterocycles. The Labute approximate surface area is 217 Å². The van der Waals surface area contributed by atoms with Crippen LogP contribution in [0.4, 0.5) is 13.2 Å². The maximum Gasteiger partial charge on any atom is 0.280 e. The molecule has 2 aromatic heterocycles. The summed E-state index contributed by atoms with van der Waals surface area (Å²) in [6.07, 6.45) is -2.90. The van der Waals surface area contributed by atoms with Crippen molar-refractivity contribution >= 4 is 23.2 Å². The summed E-state index contributed by atoms with van der Waals surface area (Å²) >= 11 is 6.04. The SMILES string of the molecule is CCN(CC)C(=O)Cc1c(-c2ccc(OCCF)cc2)nn2c(-c3ccc(Cl)cc3)cc(C(F)F)nc12. The number of amides is 1. The fourth-order valence-electron chi connectivity index (χ4n) is 4.12. The van der Waals surface area contributed by atoms with Crippen LogP contribution in [-0.4, -0.2) is 51.8 Å². The maximum atomic E-state index is 13.9. The summed E-state index contributed by atoms with van der Waals surface area (Å²) < 4.78 is 47.2. The second-order valence-corrected chi connectivity index (χ2v) is 8.68. The smallest absolute Gasteiger partial charge is 0.280 e. The monoisotopic (exact) mass is 530 g/mol. The molecule has 0 radical (unpaired) electrons. The van der Waals surface area contributed by atoms with Crippen molar-refractivity contribution in [3.8, 4) is 28.3 Å². The van der Waals surface area contributed by atoms with Gasteiger partial charge in [-0.25, -0.2) is 22.7 Å². The summed E-state index contributed by atoms with van der Waals surface area (Å²) in [6, 6.07) is 14.9. The third kappa shape index (κ3) is 5.72. The van der Waals surface area contributed by atoms with Crippen molar-refractivity contribution in [2.24, 2.45) is 0 Å². The van der Waals surface area contributed by atoms with E-state index in [-0.39, 0.29) is 24.6 Å². The summed E-state index contributed by atoms with van der Waals surface area (Å²) in [6.45, 7) is 4.09. The van der Waals surface area contributed by atoms with Gasteiger partial charge < -0.3 is 9.64 Å². The Morgan fingerprint density at radius 2 is 1.70 bits per heavy atom. The summed E-state index contributed by atoms with van der Waals surface area (Å²) in [7, 11) is 0. The molecule has 0 bridgehead atoms. The molecule has 4 rings (SSSR count). The van der Waals surface area contributed by atoms with E-state index in [4.69, 9.17) is 21.4 Å². The van der Waals surface area contributed by atoms with Gasteiger partial charge in [0.05, 0.1) is 17.8 Å². The van der Waals surface area contributed by atoms with E-state index in [0.717, 1.165) is 0 Å². The van der Waals surface area contributed by atoms with E-state index in [0.29, 0.717) is 51.9 Å². The summed E-state index contributed by atoms with van der Waals surface area (Å²) in [4.78, 5) is 19.0. The lowest BCUT2D eigenvalue weighted by molar-refractivity contribution is -0.130. The van der Waals surface area contributed by atoms with Crippen LogP contribution in [-0.2, 0) is 11.2 Å². The Morgan fingerprint density at radius 3 is 2.30 bits per heavy atom. The molecule has 6 nitrogen and oxygen atoms in total. The molecular formula is C27H26ClF3N4O2. The first kappa shape index (κ1) is 26.5. The predicted octanol–water partition coefficient (Wildman–Crippen LogP) is 6.41. The lowest BCUT2D eigenvalue weighted by atomic mass is 10.0. The number of carbonyl (C=O) groups is 1. The number of nitrogens with zero attached hydrogens (tertiary/aromatic N) is 4. The first-order valence-electron chi connectivity index (χ1n) is 11.9. The molecule has 37 heavy (non-hydrogen) atoms. The number of hydrogen-bond donors (Lipinski definition) is 0. The molecule has 0 aliphatic carbocycles. The Kier molecular flexibility index (Phi) is 8.33. The van der Waals surface area contributed by atoms with Gasteiger partial charge in [-0.3, -0.25) is 4.79 Å². The van der Waals surface area contributed by atoms with Crippen molar-refractivity contribution in [1.29, 1.82) is 0 Å². The third-order valence-corrected chi connectivity index (χ3v) is 6.24. The van der Waals surface area contributed by atoms with E-state index in [9.17, 15) is 18.0 Å². The molecule has 0 N–H and O–H groups in total. The van der Waals surface area contributed by atoms with Crippen LogP contribution >= 0.6 is 11.6 Å². The highest BCUT2D eigenvalue weighted by atomic mass is 35.5. The van der Waals surface area contributed by atoms with E-state index < -0.39 is 18.8 Å². The highest BCUT2D eigenvalue weighted by Crippen LogP contribution is 2.33. The maximum absolute atomic E-state index is 13.9. The van der Waals surface area contributed by atoms with Gasteiger partial charge in [-0.1, -0.05) is 23.7 Å². The highest BCUT2D eigenvalue weighted by Gasteiger charge is 2.25. The van der Waals surface area contributed by atoms with E-state index in [1.165, 1.54) is 10.6 Å². The molecule has 0 spiro atoms. The quantitative estimate of drug-likeness (QED) is 0.237. The Bertz CT molecular complexity index is 1370. The molecule has 0 saturated carbocycles. The van der Waals surface area contributed by atoms with Crippen LogP contribution in [0.15, 0.2) is 54.6 Å². The molecular weight excluding hydrogens is 505 g/mol. The number of benzene rings is 2. The van der Waals surface area contributed by atoms with Crippen LogP contribution in [0.2, 0.25) is 5.02 Å². The number of halogens is 4. The van der Waals surface area contributed by atoms with Gasteiger partial charge in [0, 0.05) is 34.8 Å². The molecule has 0 aliphatic rings. The van der Waals surface area contributed by atoms with Gasteiger partial charge in [0.2, 0.25) is 5.91 Å². The first-order chi connectivity index (χ1) is 17.9. The Balaban J connectivity index is 1.94. The topological polar surface area (TPSA) is 59.7 Å². The zero-order chi connectivity index (χ0) is 26.5. The van der Waals surface area contributed by atoms with Crippen LogP contribution in [0.3, 0.4) is 0 Å². The van der Waals surface area contributed by atoms with Crippen LogP contribution < -0.4 is 4.74 Å². The van der Waals surface area contributed by atoms with Crippen molar-refractivity contribution in [1.82, 2.24) is 19.5 Å². The van der Waals surface area contributed by atoms with Gasteiger partial charge in [-0.05, 0) is 56.3 Å². The zero-order valence-electron chi connectivity index (χ0n) is 20.4. The molecule has 194 valence electrons. The lowest BCUT2D eigenvalue weighted by Gasteiger charge is -2.18. The summed E-state index contributed by atoms with van der Waals surface area (Å²) in [5, 5.41) is 5.25. The average molecular weight is 531 g/mol. The number of rotatable bonds is 10. The number of hydrogen-bond acceptors (Lipinski definition) is 4. The van der Waals surface area contributed by atoms with E-state index >= 15 is 0 Å². The van der Waals surface area contributed by atoms with Gasteiger partial charge in [0.1, 0.15) is 24.7 Å².